The van der Waals surface area contributed by atoms with E-state index < -0.39 is 12.7 Å². The van der Waals surface area contributed by atoms with Crippen LogP contribution in [0.4, 0.5) is 23.7 Å². The highest BCUT2D eigenvalue weighted by molar-refractivity contribution is 5.89. The zero-order chi connectivity index (χ0) is 17.0. The van der Waals surface area contributed by atoms with Crippen LogP contribution in [0.2, 0.25) is 0 Å². The molecule has 1 N–H and O–H groups in total. The van der Waals surface area contributed by atoms with Gasteiger partial charge in [0.25, 0.3) is 0 Å². The zero-order valence-corrected chi connectivity index (χ0v) is 13.3. The van der Waals surface area contributed by atoms with Gasteiger partial charge in [-0.25, -0.2) is 4.79 Å². The van der Waals surface area contributed by atoms with Crippen LogP contribution in [0.1, 0.15) is 13.3 Å². The Balaban J connectivity index is 1.81. The summed E-state index contributed by atoms with van der Waals surface area (Å²) in [5.74, 6) is 0.0666. The SMILES string of the molecule is CCN(C[C@@H]1CCN(C(=O)Nc2cnn(C)c2)C1)CC(F)(F)F. The minimum Gasteiger partial charge on any atom is -0.324 e. The first-order valence-electron chi connectivity index (χ1n) is 7.60. The summed E-state index contributed by atoms with van der Waals surface area (Å²) in [6.45, 7) is 2.54. The Morgan fingerprint density at radius 2 is 2.26 bits per heavy atom. The molecule has 0 spiro atoms. The van der Waals surface area contributed by atoms with E-state index in [2.05, 4.69) is 10.4 Å². The molecule has 23 heavy (non-hydrogen) atoms. The second-order valence-corrected chi connectivity index (χ2v) is 5.88. The van der Waals surface area contributed by atoms with Crippen LogP contribution >= 0.6 is 0 Å². The first-order chi connectivity index (χ1) is 10.8. The van der Waals surface area contributed by atoms with E-state index in [1.165, 1.54) is 4.90 Å². The lowest BCUT2D eigenvalue weighted by atomic mass is 10.1. The molecule has 1 fully saturated rings. The van der Waals surface area contributed by atoms with E-state index in [0.29, 0.717) is 31.9 Å². The lowest BCUT2D eigenvalue weighted by molar-refractivity contribution is -0.146. The summed E-state index contributed by atoms with van der Waals surface area (Å²) in [5, 5.41) is 6.71. The summed E-state index contributed by atoms with van der Waals surface area (Å²) in [7, 11) is 1.75. The van der Waals surface area contributed by atoms with Crippen molar-refractivity contribution in [2.45, 2.75) is 19.5 Å². The average Bonchev–Trinajstić information content (AvgIpc) is 3.06. The van der Waals surface area contributed by atoms with Crippen molar-refractivity contribution in [3.8, 4) is 0 Å². The minimum atomic E-state index is -4.19. The number of aromatic nitrogens is 2. The van der Waals surface area contributed by atoms with Crippen molar-refractivity contribution in [3.05, 3.63) is 12.4 Å². The number of alkyl halides is 3. The van der Waals surface area contributed by atoms with Crippen LogP contribution in [0.15, 0.2) is 12.4 Å². The van der Waals surface area contributed by atoms with Gasteiger partial charge in [0.15, 0.2) is 0 Å². The molecule has 0 aliphatic carbocycles. The Labute approximate surface area is 133 Å². The monoisotopic (exact) mass is 333 g/mol. The number of carbonyl (C=O) groups excluding carboxylic acids is 1. The molecule has 6 nitrogen and oxygen atoms in total. The van der Waals surface area contributed by atoms with Crippen molar-refractivity contribution in [1.82, 2.24) is 19.6 Å². The van der Waals surface area contributed by atoms with Crippen LogP contribution in [0.3, 0.4) is 0 Å². The first kappa shape index (κ1) is 17.6. The molecule has 2 amide bonds. The molecular formula is C14H22F3N5O. The summed E-state index contributed by atoms with van der Waals surface area (Å²) in [4.78, 5) is 15.2. The highest BCUT2D eigenvalue weighted by Crippen LogP contribution is 2.22. The minimum absolute atomic E-state index is 0.0666. The van der Waals surface area contributed by atoms with E-state index in [0.717, 1.165) is 6.42 Å². The Morgan fingerprint density at radius 1 is 1.52 bits per heavy atom. The Bertz CT molecular complexity index is 531. The van der Waals surface area contributed by atoms with E-state index in [1.807, 2.05) is 0 Å². The molecule has 1 aliphatic heterocycles. The molecule has 2 heterocycles. The van der Waals surface area contributed by atoms with Crippen molar-refractivity contribution in [2.24, 2.45) is 13.0 Å². The second-order valence-electron chi connectivity index (χ2n) is 5.88. The lowest BCUT2D eigenvalue weighted by Crippen LogP contribution is -2.39. The molecule has 1 atom stereocenters. The summed E-state index contributed by atoms with van der Waals surface area (Å²) in [6.07, 6.45) is -0.234. The maximum absolute atomic E-state index is 12.5. The number of halogens is 3. The molecule has 0 bridgehead atoms. The van der Waals surface area contributed by atoms with Crippen LogP contribution in [0, 0.1) is 5.92 Å². The molecule has 130 valence electrons. The number of aryl methyl sites for hydroxylation is 1. The highest BCUT2D eigenvalue weighted by atomic mass is 19.4. The molecule has 2 rings (SSSR count). The lowest BCUT2D eigenvalue weighted by Gasteiger charge is -2.25. The number of urea groups is 1. The van der Waals surface area contributed by atoms with Gasteiger partial charge in [-0.3, -0.25) is 9.58 Å². The van der Waals surface area contributed by atoms with E-state index in [-0.39, 0.29) is 11.9 Å². The van der Waals surface area contributed by atoms with Crippen molar-refractivity contribution in [2.75, 3.05) is 38.0 Å². The van der Waals surface area contributed by atoms with Gasteiger partial charge in [0.05, 0.1) is 18.4 Å². The van der Waals surface area contributed by atoms with Gasteiger partial charge < -0.3 is 10.2 Å². The summed E-state index contributed by atoms with van der Waals surface area (Å²) >= 11 is 0. The van der Waals surface area contributed by atoms with Crippen LogP contribution in [-0.2, 0) is 7.05 Å². The topological polar surface area (TPSA) is 53.4 Å². The van der Waals surface area contributed by atoms with Crippen molar-refractivity contribution in [3.63, 3.8) is 0 Å². The van der Waals surface area contributed by atoms with Crippen LogP contribution in [0.25, 0.3) is 0 Å². The molecular weight excluding hydrogens is 311 g/mol. The number of likely N-dealkylation sites (tertiary alicyclic amines) is 1. The van der Waals surface area contributed by atoms with Crippen LogP contribution < -0.4 is 5.32 Å². The Hall–Kier alpha value is -1.77. The highest BCUT2D eigenvalue weighted by Gasteiger charge is 2.33. The van der Waals surface area contributed by atoms with Gasteiger partial charge in [0.1, 0.15) is 0 Å². The number of carbonyl (C=O) groups is 1. The fraction of sp³-hybridized carbons (Fsp3) is 0.714. The van der Waals surface area contributed by atoms with Crippen LogP contribution in [0.5, 0.6) is 0 Å². The van der Waals surface area contributed by atoms with Gasteiger partial charge in [-0.2, -0.15) is 18.3 Å². The predicted octanol–water partition coefficient (Wildman–Crippen LogP) is 2.16. The molecule has 1 aromatic rings. The quantitative estimate of drug-likeness (QED) is 0.898. The van der Waals surface area contributed by atoms with Gasteiger partial charge in [-0.15, -0.1) is 0 Å². The normalized spacial score (nSPS) is 18.7. The van der Waals surface area contributed by atoms with Gasteiger partial charge in [0.2, 0.25) is 0 Å². The molecule has 9 heteroatoms. The standard InChI is InChI=1S/C14H22F3N5O/c1-3-21(10-14(15,16)17)7-11-4-5-22(8-11)13(23)19-12-6-18-20(2)9-12/h6,9,11H,3-5,7-8,10H2,1-2H3,(H,19,23)/t11-/m0/s1. The Morgan fingerprint density at radius 3 is 2.83 bits per heavy atom. The Kier molecular flexibility index (Phi) is 5.51. The van der Waals surface area contributed by atoms with Gasteiger partial charge in [0, 0.05) is 32.9 Å². The number of rotatable bonds is 5. The first-order valence-corrected chi connectivity index (χ1v) is 7.60. The number of hydrogen-bond donors (Lipinski definition) is 1. The zero-order valence-electron chi connectivity index (χ0n) is 13.3. The van der Waals surface area contributed by atoms with Crippen molar-refractivity contribution in [1.29, 1.82) is 0 Å². The average molecular weight is 333 g/mol. The second kappa shape index (κ2) is 7.20. The summed E-state index contributed by atoms with van der Waals surface area (Å²) in [6, 6.07) is -0.237. The van der Waals surface area contributed by atoms with Crippen molar-refractivity contribution < 1.29 is 18.0 Å². The fourth-order valence-corrected chi connectivity index (χ4v) is 2.78. The predicted molar refractivity (Wildman–Crippen MR) is 80.1 cm³/mol. The number of anilines is 1. The maximum atomic E-state index is 12.5. The smallest absolute Gasteiger partial charge is 0.324 e. The van der Waals surface area contributed by atoms with Gasteiger partial charge in [-0.1, -0.05) is 6.92 Å². The fourth-order valence-electron chi connectivity index (χ4n) is 2.78. The van der Waals surface area contributed by atoms with E-state index in [9.17, 15) is 18.0 Å². The number of hydrogen-bond acceptors (Lipinski definition) is 3. The third-order valence-corrected chi connectivity index (χ3v) is 3.90. The molecule has 0 radical (unpaired) electrons. The molecule has 1 aromatic heterocycles. The molecule has 0 saturated carbocycles. The van der Waals surface area contributed by atoms with E-state index in [4.69, 9.17) is 0 Å². The summed E-state index contributed by atoms with van der Waals surface area (Å²) < 4.78 is 39.1. The molecule has 0 aromatic carbocycles. The third-order valence-electron chi connectivity index (χ3n) is 3.90. The summed E-state index contributed by atoms with van der Waals surface area (Å²) in [5.41, 5.74) is 0.605. The molecule has 1 aliphatic rings. The number of nitrogens with one attached hydrogen (secondary N) is 1. The van der Waals surface area contributed by atoms with E-state index in [1.54, 1.807) is 35.9 Å². The third kappa shape index (κ3) is 5.42. The molecule has 0 unspecified atom stereocenters. The number of amides is 2. The van der Waals surface area contributed by atoms with Crippen molar-refractivity contribution >= 4 is 11.7 Å². The van der Waals surface area contributed by atoms with Gasteiger partial charge >= 0.3 is 12.2 Å². The van der Waals surface area contributed by atoms with E-state index >= 15 is 0 Å². The number of nitrogens with zero attached hydrogens (tertiary/aromatic N) is 4. The maximum Gasteiger partial charge on any atom is 0.401 e. The largest absolute Gasteiger partial charge is 0.401 e. The van der Waals surface area contributed by atoms with Crippen LogP contribution in [-0.4, -0.2) is 64.5 Å². The molecule has 1 saturated heterocycles. The van der Waals surface area contributed by atoms with Gasteiger partial charge in [-0.05, 0) is 18.9 Å².